The van der Waals surface area contributed by atoms with E-state index in [9.17, 15) is 18.0 Å². The van der Waals surface area contributed by atoms with Gasteiger partial charge in [0.2, 0.25) is 15.8 Å². The second-order valence-electron chi connectivity index (χ2n) is 5.24. The average Bonchev–Trinajstić information content (AvgIpc) is 3.06. The van der Waals surface area contributed by atoms with Crippen LogP contribution in [0.3, 0.4) is 0 Å². The highest BCUT2D eigenvalue weighted by Crippen LogP contribution is 2.19. The highest BCUT2D eigenvalue weighted by atomic mass is 32.2. The topological polar surface area (TPSA) is 80.8 Å². The van der Waals surface area contributed by atoms with Crippen LogP contribution in [0.5, 0.6) is 0 Å². The van der Waals surface area contributed by atoms with E-state index in [4.69, 9.17) is 4.74 Å². The maximum absolute atomic E-state index is 12.2. The van der Waals surface area contributed by atoms with E-state index < -0.39 is 16.0 Å². The predicted molar refractivity (Wildman–Crippen MR) is 91.0 cm³/mol. The molecule has 2 aromatic rings. The van der Waals surface area contributed by atoms with Crippen LogP contribution in [0.1, 0.15) is 25.6 Å². The standard InChI is InChI=1S/C16H17NO5S2/c1-11-6-7-12(24(20,21)17(2)3)9-13(11)16(19)22-10-14(18)15-5-4-8-23-15/h4-9H,10H2,1-3H3. The second kappa shape index (κ2) is 7.25. The van der Waals surface area contributed by atoms with Crippen molar-refractivity contribution < 1.29 is 22.7 Å². The smallest absolute Gasteiger partial charge is 0.338 e. The van der Waals surface area contributed by atoms with Crippen LogP contribution in [-0.4, -0.2) is 45.2 Å². The Balaban J connectivity index is 2.19. The van der Waals surface area contributed by atoms with Gasteiger partial charge in [0, 0.05) is 14.1 Å². The van der Waals surface area contributed by atoms with E-state index in [-0.39, 0.29) is 22.8 Å². The molecule has 8 heteroatoms. The highest BCUT2D eigenvalue weighted by molar-refractivity contribution is 7.89. The van der Waals surface area contributed by atoms with Crippen molar-refractivity contribution in [2.24, 2.45) is 0 Å². The van der Waals surface area contributed by atoms with Crippen molar-refractivity contribution in [1.82, 2.24) is 4.31 Å². The van der Waals surface area contributed by atoms with Crippen molar-refractivity contribution in [3.05, 3.63) is 51.7 Å². The molecule has 0 radical (unpaired) electrons. The van der Waals surface area contributed by atoms with E-state index in [0.29, 0.717) is 10.4 Å². The number of carbonyl (C=O) groups excluding carboxylic acids is 2. The summed E-state index contributed by atoms with van der Waals surface area (Å²) in [5.74, 6) is -1.03. The largest absolute Gasteiger partial charge is 0.454 e. The molecule has 0 amide bonds. The molecule has 6 nitrogen and oxygen atoms in total. The minimum Gasteiger partial charge on any atom is -0.454 e. The molecule has 0 saturated heterocycles. The maximum Gasteiger partial charge on any atom is 0.338 e. The lowest BCUT2D eigenvalue weighted by atomic mass is 10.1. The fourth-order valence-corrected chi connectivity index (χ4v) is 3.49. The van der Waals surface area contributed by atoms with Crippen LogP contribution in [0.2, 0.25) is 0 Å². The van der Waals surface area contributed by atoms with E-state index in [1.807, 2.05) is 0 Å². The third-order valence-electron chi connectivity index (χ3n) is 3.34. The quantitative estimate of drug-likeness (QED) is 0.578. The molecule has 0 saturated carbocycles. The average molecular weight is 367 g/mol. The van der Waals surface area contributed by atoms with Crippen molar-refractivity contribution in [2.75, 3.05) is 20.7 Å². The zero-order valence-corrected chi connectivity index (χ0v) is 15.1. The van der Waals surface area contributed by atoms with E-state index in [0.717, 1.165) is 4.31 Å². The molecule has 0 spiro atoms. The van der Waals surface area contributed by atoms with Crippen molar-refractivity contribution in [1.29, 1.82) is 0 Å². The number of hydrogen-bond donors (Lipinski definition) is 0. The van der Waals surface area contributed by atoms with Crippen LogP contribution in [0.4, 0.5) is 0 Å². The number of sulfonamides is 1. The lowest BCUT2D eigenvalue weighted by Gasteiger charge is -2.13. The van der Waals surface area contributed by atoms with E-state index >= 15 is 0 Å². The number of nitrogens with zero attached hydrogens (tertiary/aromatic N) is 1. The molecular weight excluding hydrogens is 350 g/mol. The Morgan fingerprint density at radius 1 is 1.21 bits per heavy atom. The summed E-state index contributed by atoms with van der Waals surface area (Å²) in [6.07, 6.45) is 0. The van der Waals surface area contributed by atoms with Gasteiger partial charge in [0.15, 0.2) is 6.61 Å². The van der Waals surface area contributed by atoms with Crippen LogP contribution in [0.15, 0.2) is 40.6 Å². The van der Waals surface area contributed by atoms with Gasteiger partial charge in [-0.1, -0.05) is 12.1 Å². The fraction of sp³-hybridized carbons (Fsp3) is 0.250. The lowest BCUT2D eigenvalue weighted by Crippen LogP contribution is -2.23. The van der Waals surface area contributed by atoms with E-state index in [1.165, 1.54) is 43.6 Å². The Hall–Kier alpha value is -2.03. The number of Topliss-reactive ketones (excluding diaryl/α,β-unsaturated/α-hetero) is 1. The molecule has 0 unspecified atom stereocenters. The second-order valence-corrected chi connectivity index (χ2v) is 8.34. The Morgan fingerprint density at radius 3 is 2.50 bits per heavy atom. The molecule has 0 aliphatic carbocycles. The summed E-state index contributed by atoms with van der Waals surface area (Å²) in [5.41, 5.74) is 0.693. The van der Waals surface area contributed by atoms with Crippen LogP contribution in [0.25, 0.3) is 0 Å². The maximum atomic E-state index is 12.2. The third-order valence-corrected chi connectivity index (χ3v) is 6.06. The van der Waals surface area contributed by atoms with Crippen molar-refractivity contribution in [3.63, 3.8) is 0 Å². The Bertz CT molecular complexity index is 855. The number of benzene rings is 1. The Labute approximate surface area is 144 Å². The molecule has 24 heavy (non-hydrogen) atoms. The summed E-state index contributed by atoms with van der Waals surface area (Å²) in [7, 11) is -0.837. The molecule has 0 bridgehead atoms. The normalized spacial score (nSPS) is 11.5. The fourth-order valence-electron chi connectivity index (χ4n) is 1.91. The molecule has 0 atom stereocenters. The molecule has 0 aliphatic heterocycles. The van der Waals surface area contributed by atoms with Crippen LogP contribution >= 0.6 is 11.3 Å². The van der Waals surface area contributed by atoms with Gasteiger partial charge < -0.3 is 4.74 Å². The molecule has 0 N–H and O–H groups in total. The first-order chi connectivity index (χ1) is 11.2. The zero-order valence-electron chi connectivity index (χ0n) is 13.5. The number of ether oxygens (including phenoxy) is 1. The number of ketones is 1. The molecule has 2 rings (SSSR count). The predicted octanol–water partition coefficient (Wildman–Crippen LogP) is 2.35. The molecule has 1 aromatic heterocycles. The molecular formula is C16H17NO5S2. The monoisotopic (exact) mass is 367 g/mol. The van der Waals surface area contributed by atoms with Gasteiger partial charge in [-0.2, -0.15) is 0 Å². The van der Waals surface area contributed by atoms with Gasteiger partial charge in [-0.05, 0) is 36.1 Å². The summed E-state index contributed by atoms with van der Waals surface area (Å²) in [4.78, 5) is 24.6. The van der Waals surface area contributed by atoms with Gasteiger partial charge in [0.25, 0.3) is 0 Å². The number of carbonyl (C=O) groups is 2. The number of rotatable bonds is 6. The van der Waals surface area contributed by atoms with Gasteiger partial charge in [-0.3, -0.25) is 4.79 Å². The van der Waals surface area contributed by atoms with Gasteiger partial charge in [-0.15, -0.1) is 11.3 Å². The number of esters is 1. The summed E-state index contributed by atoms with van der Waals surface area (Å²) in [6.45, 7) is 1.28. The first kappa shape index (κ1) is 18.3. The Morgan fingerprint density at radius 2 is 1.92 bits per heavy atom. The zero-order chi connectivity index (χ0) is 17.9. The van der Waals surface area contributed by atoms with Crippen LogP contribution < -0.4 is 0 Å². The van der Waals surface area contributed by atoms with E-state index in [1.54, 1.807) is 24.4 Å². The lowest BCUT2D eigenvalue weighted by molar-refractivity contribution is 0.0475. The van der Waals surface area contributed by atoms with Crippen molar-refractivity contribution in [3.8, 4) is 0 Å². The number of aryl methyl sites for hydroxylation is 1. The summed E-state index contributed by atoms with van der Waals surface area (Å²) in [6, 6.07) is 7.62. The Kier molecular flexibility index (Phi) is 5.53. The van der Waals surface area contributed by atoms with Crippen LogP contribution in [0, 0.1) is 6.92 Å². The first-order valence-corrected chi connectivity index (χ1v) is 9.32. The summed E-state index contributed by atoms with van der Waals surface area (Å²) in [5, 5.41) is 1.76. The molecule has 1 aromatic carbocycles. The SMILES string of the molecule is Cc1ccc(S(=O)(=O)N(C)C)cc1C(=O)OCC(=O)c1cccs1. The summed E-state index contributed by atoms with van der Waals surface area (Å²) >= 11 is 1.27. The van der Waals surface area contributed by atoms with Crippen molar-refractivity contribution >= 4 is 33.1 Å². The third kappa shape index (κ3) is 3.89. The van der Waals surface area contributed by atoms with Gasteiger partial charge in [0.1, 0.15) is 0 Å². The number of thiophene rings is 1. The van der Waals surface area contributed by atoms with Gasteiger partial charge >= 0.3 is 5.97 Å². The molecule has 0 fully saturated rings. The minimum atomic E-state index is -3.66. The van der Waals surface area contributed by atoms with Gasteiger partial charge in [0.05, 0.1) is 15.3 Å². The minimum absolute atomic E-state index is 0.00497. The molecule has 128 valence electrons. The van der Waals surface area contributed by atoms with Crippen molar-refractivity contribution in [2.45, 2.75) is 11.8 Å². The molecule has 1 heterocycles. The summed E-state index contributed by atoms with van der Waals surface area (Å²) < 4.78 is 30.4. The number of hydrogen-bond acceptors (Lipinski definition) is 6. The van der Waals surface area contributed by atoms with Gasteiger partial charge in [-0.25, -0.2) is 17.5 Å². The highest BCUT2D eigenvalue weighted by Gasteiger charge is 2.21. The van der Waals surface area contributed by atoms with Crippen LogP contribution in [-0.2, 0) is 14.8 Å². The molecule has 0 aliphatic rings. The first-order valence-electron chi connectivity index (χ1n) is 7.00. The van der Waals surface area contributed by atoms with E-state index in [2.05, 4.69) is 0 Å².